The minimum atomic E-state index is -0.0114. The highest BCUT2D eigenvalue weighted by Crippen LogP contribution is 2.36. The van der Waals surface area contributed by atoms with Crippen LogP contribution in [-0.2, 0) is 17.7 Å². The lowest BCUT2D eigenvalue weighted by molar-refractivity contribution is -0.0833. The van der Waals surface area contributed by atoms with E-state index in [0.29, 0.717) is 11.8 Å². The van der Waals surface area contributed by atoms with Gasteiger partial charge in [0, 0.05) is 19.7 Å². The number of hydrogen-bond acceptors (Lipinski definition) is 2. The summed E-state index contributed by atoms with van der Waals surface area (Å²) in [7, 11) is 0. The summed E-state index contributed by atoms with van der Waals surface area (Å²) in [6, 6.07) is 21.3. The predicted octanol–water partition coefficient (Wildman–Crippen LogP) is 6.10. The van der Waals surface area contributed by atoms with E-state index in [9.17, 15) is 0 Å². The Balaban J connectivity index is 1.62. The molecule has 0 N–H and O–H groups in total. The molecule has 0 amide bonds. The van der Waals surface area contributed by atoms with Gasteiger partial charge in [-0.1, -0.05) is 60.7 Å². The lowest BCUT2D eigenvalue weighted by Crippen LogP contribution is -2.38. The van der Waals surface area contributed by atoms with Crippen molar-refractivity contribution in [3.05, 3.63) is 71.8 Å². The lowest BCUT2D eigenvalue weighted by Gasteiger charge is -2.39. The molecular formula is C24H32ClNO. The van der Waals surface area contributed by atoms with Gasteiger partial charge in [-0.2, -0.15) is 0 Å². The van der Waals surface area contributed by atoms with Gasteiger partial charge in [-0.3, -0.25) is 0 Å². The Bertz CT molecular complexity index is 673. The molecule has 0 aromatic heterocycles. The van der Waals surface area contributed by atoms with Crippen molar-refractivity contribution in [1.29, 1.82) is 0 Å². The van der Waals surface area contributed by atoms with Crippen molar-refractivity contribution in [2.45, 2.75) is 51.7 Å². The molecule has 2 aromatic rings. The summed E-state index contributed by atoms with van der Waals surface area (Å²) < 4.78 is 7.91. The van der Waals surface area contributed by atoms with Crippen molar-refractivity contribution in [2.24, 2.45) is 11.8 Å². The van der Waals surface area contributed by atoms with Crippen molar-refractivity contribution in [1.82, 2.24) is 4.42 Å². The Kier molecular flexibility index (Phi) is 7.34. The summed E-state index contributed by atoms with van der Waals surface area (Å²) in [5, 5.41) is 0. The Labute approximate surface area is 169 Å². The number of halogens is 1. The van der Waals surface area contributed by atoms with Gasteiger partial charge >= 0.3 is 0 Å². The zero-order valence-corrected chi connectivity index (χ0v) is 17.4. The zero-order valence-electron chi connectivity index (χ0n) is 16.6. The monoisotopic (exact) mass is 385 g/mol. The van der Waals surface area contributed by atoms with E-state index in [2.05, 4.69) is 68.4 Å². The van der Waals surface area contributed by atoms with E-state index in [0.717, 1.165) is 45.4 Å². The van der Waals surface area contributed by atoms with Gasteiger partial charge in [0.1, 0.15) is 0 Å². The Morgan fingerprint density at radius 1 is 1.04 bits per heavy atom. The van der Waals surface area contributed by atoms with E-state index in [1.165, 1.54) is 11.1 Å². The van der Waals surface area contributed by atoms with Gasteiger partial charge in [0.05, 0.1) is 5.60 Å². The first-order valence-corrected chi connectivity index (χ1v) is 10.5. The number of nitrogens with zero attached hydrogens (tertiary/aromatic N) is 1. The molecular weight excluding hydrogens is 354 g/mol. The van der Waals surface area contributed by atoms with Crippen molar-refractivity contribution in [3.63, 3.8) is 0 Å². The first-order chi connectivity index (χ1) is 13.0. The molecule has 2 atom stereocenters. The van der Waals surface area contributed by atoms with E-state index in [1.54, 1.807) is 0 Å². The Morgan fingerprint density at radius 2 is 1.67 bits per heavy atom. The fourth-order valence-electron chi connectivity index (χ4n) is 4.27. The minimum Gasteiger partial charge on any atom is -0.376 e. The molecule has 3 rings (SSSR count). The summed E-state index contributed by atoms with van der Waals surface area (Å²) in [6.45, 7) is 7.02. The fraction of sp³-hybridized carbons (Fsp3) is 0.500. The molecule has 1 aliphatic rings. The van der Waals surface area contributed by atoms with E-state index < -0.39 is 0 Å². The third-order valence-corrected chi connectivity index (χ3v) is 5.97. The normalized spacial score (nSPS) is 20.5. The largest absolute Gasteiger partial charge is 0.376 e. The van der Waals surface area contributed by atoms with Crippen LogP contribution >= 0.6 is 11.8 Å². The van der Waals surface area contributed by atoms with Gasteiger partial charge in [0.15, 0.2) is 0 Å². The Morgan fingerprint density at radius 3 is 2.30 bits per heavy atom. The van der Waals surface area contributed by atoms with Crippen molar-refractivity contribution < 1.29 is 4.74 Å². The standard InChI is InChI=1S/C24H32ClNO/c1-24(2)18-23(14-16-27-24)22(17-20-9-5-3-6-10-20)13-15-26(25)19-21-11-7-4-8-12-21/h3-12,22-23H,13-19H2,1-2H3. The summed E-state index contributed by atoms with van der Waals surface area (Å²) in [5.74, 6) is 1.32. The van der Waals surface area contributed by atoms with Crippen LogP contribution in [-0.4, -0.2) is 23.2 Å². The molecule has 3 heteroatoms. The maximum absolute atomic E-state index is 6.57. The highest BCUT2D eigenvalue weighted by atomic mass is 35.5. The second kappa shape index (κ2) is 9.73. The van der Waals surface area contributed by atoms with E-state index >= 15 is 0 Å². The summed E-state index contributed by atoms with van der Waals surface area (Å²) in [5.41, 5.74) is 2.68. The van der Waals surface area contributed by atoms with Crippen molar-refractivity contribution in [2.75, 3.05) is 13.2 Å². The maximum atomic E-state index is 6.57. The van der Waals surface area contributed by atoms with E-state index in [1.807, 2.05) is 10.5 Å². The molecule has 0 bridgehead atoms. The summed E-state index contributed by atoms with van der Waals surface area (Å²) in [6.07, 6.45) is 4.52. The second-order valence-electron chi connectivity index (χ2n) is 8.43. The highest BCUT2D eigenvalue weighted by Gasteiger charge is 2.33. The third-order valence-electron chi connectivity index (χ3n) is 5.68. The quantitative estimate of drug-likeness (QED) is 0.509. The molecule has 2 nitrogen and oxygen atoms in total. The molecule has 0 aliphatic carbocycles. The summed E-state index contributed by atoms with van der Waals surface area (Å²) >= 11 is 6.57. The van der Waals surface area contributed by atoms with Gasteiger partial charge in [0.25, 0.3) is 0 Å². The lowest BCUT2D eigenvalue weighted by atomic mass is 9.75. The topological polar surface area (TPSA) is 12.5 Å². The van der Waals surface area contributed by atoms with Crippen LogP contribution in [0, 0.1) is 11.8 Å². The molecule has 27 heavy (non-hydrogen) atoms. The van der Waals surface area contributed by atoms with Gasteiger partial charge in [0.2, 0.25) is 0 Å². The molecule has 0 radical (unpaired) electrons. The van der Waals surface area contributed by atoms with Gasteiger partial charge in [-0.15, -0.1) is 0 Å². The molecule has 1 aliphatic heterocycles. The number of ether oxygens (including phenoxy) is 1. The van der Waals surface area contributed by atoms with Gasteiger partial charge in [-0.25, -0.2) is 4.42 Å². The molecule has 0 spiro atoms. The van der Waals surface area contributed by atoms with Crippen LogP contribution in [0.5, 0.6) is 0 Å². The van der Waals surface area contributed by atoms with E-state index in [-0.39, 0.29) is 5.60 Å². The fourth-order valence-corrected chi connectivity index (χ4v) is 4.50. The van der Waals surface area contributed by atoms with Crippen LogP contribution in [0.3, 0.4) is 0 Å². The SMILES string of the molecule is CC1(C)CC(C(CCN(Cl)Cc2ccccc2)Cc2ccccc2)CCO1. The van der Waals surface area contributed by atoms with Crippen LogP contribution in [0.4, 0.5) is 0 Å². The number of hydrogen-bond donors (Lipinski definition) is 0. The maximum Gasteiger partial charge on any atom is 0.0629 e. The van der Waals surface area contributed by atoms with Crippen LogP contribution in [0.15, 0.2) is 60.7 Å². The minimum absolute atomic E-state index is 0.0114. The van der Waals surface area contributed by atoms with E-state index in [4.69, 9.17) is 16.5 Å². The van der Waals surface area contributed by atoms with Crippen LogP contribution in [0.25, 0.3) is 0 Å². The van der Waals surface area contributed by atoms with Crippen LogP contribution in [0.2, 0.25) is 0 Å². The molecule has 2 unspecified atom stereocenters. The molecule has 1 fully saturated rings. The van der Waals surface area contributed by atoms with Crippen molar-refractivity contribution >= 4 is 11.8 Å². The molecule has 2 aromatic carbocycles. The molecule has 0 saturated carbocycles. The summed E-state index contributed by atoms with van der Waals surface area (Å²) in [4.78, 5) is 0. The third kappa shape index (κ3) is 6.64. The number of benzene rings is 2. The highest BCUT2D eigenvalue weighted by molar-refractivity contribution is 6.13. The zero-order chi connectivity index (χ0) is 19.1. The average Bonchev–Trinajstić information content (AvgIpc) is 2.66. The van der Waals surface area contributed by atoms with Crippen molar-refractivity contribution in [3.8, 4) is 0 Å². The van der Waals surface area contributed by atoms with Crippen LogP contribution < -0.4 is 0 Å². The molecule has 146 valence electrons. The predicted molar refractivity (Wildman–Crippen MR) is 114 cm³/mol. The molecule has 1 saturated heterocycles. The Hall–Kier alpha value is -1.35. The van der Waals surface area contributed by atoms with Gasteiger partial charge in [-0.05, 0) is 74.3 Å². The first-order valence-electron chi connectivity index (χ1n) is 10.1. The van der Waals surface area contributed by atoms with Crippen LogP contribution in [0.1, 0.15) is 44.2 Å². The first kappa shape index (κ1) is 20.4. The average molecular weight is 386 g/mol. The van der Waals surface area contributed by atoms with Gasteiger partial charge < -0.3 is 4.74 Å². The molecule has 1 heterocycles. The second-order valence-corrected chi connectivity index (χ2v) is 8.91. The number of rotatable bonds is 8. The smallest absolute Gasteiger partial charge is 0.0629 e.